The van der Waals surface area contributed by atoms with Crippen LogP contribution < -0.4 is 16.2 Å². The summed E-state index contributed by atoms with van der Waals surface area (Å²) in [4.78, 5) is 40.3. The molecule has 1 saturated carbocycles. The minimum atomic E-state index is -4.64. The highest BCUT2D eigenvalue weighted by Gasteiger charge is 2.33. The summed E-state index contributed by atoms with van der Waals surface area (Å²) in [6, 6.07) is 14.3. The number of hydrogen-bond donors (Lipinski definition) is 2. The molecule has 1 aliphatic carbocycles. The van der Waals surface area contributed by atoms with Gasteiger partial charge in [-0.3, -0.25) is 19.1 Å². The number of quaternary nitrogens is 1. The fourth-order valence-corrected chi connectivity index (χ4v) is 6.09. The molecular formula is C34H38F3N8O3+. The van der Waals surface area contributed by atoms with Gasteiger partial charge in [0.25, 0.3) is 17.4 Å². The van der Waals surface area contributed by atoms with E-state index in [1.807, 2.05) is 21.1 Å². The zero-order chi connectivity index (χ0) is 34.8. The summed E-state index contributed by atoms with van der Waals surface area (Å²) >= 11 is 0. The number of hydrogen-bond acceptors (Lipinski definition) is 5. The number of benzene rings is 2. The van der Waals surface area contributed by atoms with Gasteiger partial charge < -0.3 is 15.1 Å². The Balaban J connectivity index is 1.46. The number of nitriles is 1. The molecule has 0 aliphatic heterocycles. The summed E-state index contributed by atoms with van der Waals surface area (Å²) in [5, 5.41) is 19.6. The molecule has 2 aromatic heterocycles. The zero-order valence-corrected chi connectivity index (χ0v) is 27.2. The lowest BCUT2D eigenvalue weighted by Gasteiger charge is -2.29. The SMILES string of the molecule is Cn1c(-c2ccnn2-c2ccc(C#N)cc2)c(C(=O)N[C@H]2CC[C@H](CNC(=O)C[N+](C)(C)C)CC2)c(=O)n1-c1cccc(C(F)(F)F)c1. The number of nitrogens with zero attached hydrogens (tertiary/aromatic N) is 6. The third-order valence-electron chi connectivity index (χ3n) is 8.43. The van der Waals surface area contributed by atoms with E-state index in [4.69, 9.17) is 0 Å². The van der Waals surface area contributed by atoms with E-state index in [0.29, 0.717) is 47.4 Å². The minimum Gasteiger partial charge on any atom is -0.351 e. The summed E-state index contributed by atoms with van der Waals surface area (Å²) in [5.41, 5.74) is -0.536. The Bertz CT molecular complexity index is 1900. The zero-order valence-electron chi connectivity index (χ0n) is 27.2. The van der Waals surface area contributed by atoms with Crippen LogP contribution in [-0.2, 0) is 18.0 Å². The molecular weight excluding hydrogens is 625 g/mol. The normalized spacial score (nSPS) is 16.7. The smallest absolute Gasteiger partial charge is 0.351 e. The van der Waals surface area contributed by atoms with Gasteiger partial charge in [0.2, 0.25) is 0 Å². The predicted octanol–water partition coefficient (Wildman–Crippen LogP) is 4.03. The number of amides is 2. The molecule has 1 fully saturated rings. The highest BCUT2D eigenvalue weighted by atomic mass is 19.4. The molecule has 0 radical (unpaired) electrons. The van der Waals surface area contributed by atoms with Gasteiger partial charge in [-0.05, 0) is 80.1 Å². The lowest BCUT2D eigenvalue weighted by Crippen LogP contribution is -2.46. The van der Waals surface area contributed by atoms with Crippen molar-refractivity contribution >= 4 is 11.8 Å². The lowest BCUT2D eigenvalue weighted by molar-refractivity contribution is -0.862. The van der Waals surface area contributed by atoms with Crippen LogP contribution in [0.2, 0.25) is 0 Å². The Morgan fingerprint density at radius 2 is 1.71 bits per heavy atom. The third-order valence-corrected chi connectivity index (χ3v) is 8.43. The summed E-state index contributed by atoms with van der Waals surface area (Å²) in [6.45, 7) is 0.913. The average Bonchev–Trinajstić information content (AvgIpc) is 3.61. The van der Waals surface area contributed by atoms with E-state index in [1.54, 1.807) is 30.3 Å². The molecule has 0 saturated heterocycles. The lowest BCUT2D eigenvalue weighted by atomic mass is 9.86. The Morgan fingerprint density at radius 3 is 2.33 bits per heavy atom. The monoisotopic (exact) mass is 663 g/mol. The Kier molecular flexibility index (Phi) is 9.63. The first-order chi connectivity index (χ1) is 22.7. The van der Waals surface area contributed by atoms with E-state index >= 15 is 0 Å². The van der Waals surface area contributed by atoms with Crippen molar-refractivity contribution in [2.24, 2.45) is 13.0 Å². The van der Waals surface area contributed by atoms with Gasteiger partial charge in [-0.1, -0.05) is 6.07 Å². The van der Waals surface area contributed by atoms with E-state index in [1.165, 1.54) is 34.7 Å². The fraction of sp³-hybridized carbons (Fsp3) is 0.382. The van der Waals surface area contributed by atoms with Gasteiger partial charge in [-0.2, -0.15) is 23.5 Å². The number of aromatic nitrogens is 4. The maximum Gasteiger partial charge on any atom is 0.416 e. The second-order valence-electron chi connectivity index (χ2n) is 13.1. The number of carbonyl (C=O) groups is 2. The van der Waals surface area contributed by atoms with Crippen LogP contribution in [0.15, 0.2) is 65.6 Å². The summed E-state index contributed by atoms with van der Waals surface area (Å²) in [5.74, 6) is -0.419. The number of carbonyl (C=O) groups excluding carboxylic acids is 2. The molecule has 2 aromatic carbocycles. The summed E-state index contributed by atoms with van der Waals surface area (Å²) < 4.78 is 45.4. The van der Waals surface area contributed by atoms with Crippen LogP contribution >= 0.6 is 0 Å². The van der Waals surface area contributed by atoms with Crippen molar-refractivity contribution in [3.8, 4) is 28.8 Å². The predicted molar refractivity (Wildman–Crippen MR) is 172 cm³/mol. The van der Waals surface area contributed by atoms with Crippen molar-refractivity contribution in [2.45, 2.75) is 37.9 Å². The molecule has 2 amide bonds. The van der Waals surface area contributed by atoms with Crippen molar-refractivity contribution < 1.29 is 27.2 Å². The summed E-state index contributed by atoms with van der Waals surface area (Å²) in [7, 11) is 7.34. The number of likely N-dealkylation sites (N-methyl/N-ethyl adjacent to an activating group) is 1. The molecule has 5 rings (SSSR count). The van der Waals surface area contributed by atoms with Crippen molar-refractivity contribution in [1.82, 2.24) is 29.8 Å². The molecule has 2 heterocycles. The van der Waals surface area contributed by atoms with Gasteiger partial charge in [-0.15, -0.1) is 0 Å². The first-order valence-corrected chi connectivity index (χ1v) is 15.6. The Labute approximate surface area is 275 Å². The van der Waals surface area contributed by atoms with Crippen molar-refractivity contribution in [3.05, 3.63) is 87.8 Å². The standard InChI is InChI=1S/C34H37F3N8O3/c1-42-31(28-16-17-40-43(28)26-14-10-22(19-38)11-15-26)30(33(48)44(42)27-7-5-6-24(18-27)34(35,36)37)32(47)41-25-12-8-23(9-13-25)20-39-29(46)21-45(2,3)4/h5-7,10-11,14-18,23,25H,8-9,12-13,20-21H2,1-4H3,(H-,39,41,46,47)/p+1/t23-,25-. The van der Waals surface area contributed by atoms with E-state index in [2.05, 4.69) is 21.8 Å². The maximum absolute atomic E-state index is 14.1. The molecule has 252 valence electrons. The molecule has 2 N–H and O–H groups in total. The van der Waals surface area contributed by atoms with E-state index in [9.17, 15) is 32.8 Å². The number of nitrogens with one attached hydrogen (secondary N) is 2. The van der Waals surface area contributed by atoms with Crippen LogP contribution in [0.4, 0.5) is 13.2 Å². The minimum absolute atomic E-state index is 0.0215. The number of alkyl halides is 3. The van der Waals surface area contributed by atoms with Crippen LogP contribution in [-0.4, -0.2) is 75.7 Å². The van der Waals surface area contributed by atoms with Crippen molar-refractivity contribution in [2.75, 3.05) is 34.2 Å². The fourth-order valence-electron chi connectivity index (χ4n) is 6.09. The van der Waals surface area contributed by atoms with Crippen LogP contribution in [0.3, 0.4) is 0 Å². The topological polar surface area (TPSA) is 127 Å². The highest BCUT2D eigenvalue weighted by Crippen LogP contribution is 2.32. The van der Waals surface area contributed by atoms with Crippen molar-refractivity contribution in [1.29, 1.82) is 5.26 Å². The largest absolute Gasteiger partial charge is 0.416 e. The highest BCUT2D eigenvalue weighted by molar-refractivity contribution is 6.00. The third kappa shape index (κ3) is 7.52. The molecule has 48 heavy (non-hydrogen) atoms. The molecule has 4 aromatic rings. The Hall–Kier alpha value is -5.16. The second-order valence-corrected chi connectivity index (χ2v) is 13.1. The van der Waals surface area contributed by atoms with Gasteiger partial charge in [0, 0.05) is 19.6 Å². The number of halogens is 3. The van der Waals surface area contributed by atoms with Gasteiger partial charge in [0.05, 0.1) is 61.6 Å². The molecule has 0 spiro atoms. The van der Waals surface area contributed by atoms with Crippen LogP contribution in [0, 0.1) is 17.2 Å². The van der Waals surface area contributed by atoms with E-state index in [-0.39, 0.29) is 34.8 Å². The molecule has 11 nitrogen and oxygen atoms in total. The molecule has 0 unspecified atom stereocenters. The Morgan fingerprint density at radius 1 is 1.02 bits per heavy atom. The average molecular weight is 664 g/mol. The van der Waals surface area contributed by atoms with Gasteiger partial charge >= 0.3 is 6.18 Å². The van der Waals surface area contributed by atoms with Crippen molar-refractivity contribution in [3.63, 3.8) is 0 Å². The van der Waals surface area contributed by atoms with E-state index in [0.717, 1.165) is 29.7 Å². The first kappa shape index (κ1) is 34.2. The molecule has 14 heteroatoms. The number of rotatable bonds is 9. The summed E-state index contributed by atoms with van der Waals surface area (Å²) in [6.07, 6.45) is -0.366. The quantitative estimate of drug-likeness (QED) is 0.262. The van der Waals surface area contributed by atoms with Crippen LogP contribution in [0.25, 0.3) is 22.8 Å². The van der Waals surface area contributed by atoms with Crippen LogP contribution in [0.1, 0.15) is 47.2 Å². The van der Waals surface area contributed by atoms with Gasteiger partial charge in [0.1, 0.15) is 11.3 Å². The van der Waals surface area contributed by atoms with Crippen LogP contribution in [0.5, 0.6) is 0 Å². The molecule has 1 aliphatic rings. The molecule has 0 bridgehead atoms. The van der Waals surface area contributed by atoms with E-state index < -0.39 is 23.2 Å². The van der Waals surface area contributed by atoms with Gasteiger partial charge in [-0.25, -0.2) is 9.36 Å². The second kappa shape index (κ2) is 13.5. The van der Waals surface area contributed by atoms with Gasteiger partial charge in [0.15, 0.2) is 6.54 Å². The maximum atomic E-state index is 14.1. The molecule has 0 atom stereocenters. The first-order valence-electron chi connectivity index (χ1n) is 15.6.